The lowest BCUT2D eigenvalue weighted by molar-refractivity contribution is 0.0159. The maximum atomic E-state index is 5.97. The third kappa shape index (κ3) is 2.71. The van der Waals surface area contributed by atoms with Crippen LogP contribution in [0.4, 0.5) is 0 Å². The van der Waals surface area contributed by atoms with Crippen molar-refractivity contribution in [1.29, 1.82) is 0 Å². The van der Waals surface area contributed by atoms with Gasteiger partial charge in [0.2, 0.25) is 0 Å². The molecule has 2 aliphatic heterocycles. The van der Waals surface area contributed by atoms with Crippen molar-refractivity contribution < 1.29 is 9.47 Å². The highest BCUT2D eigenvalue weighted by molar-refractivity contribution is 4.89. The average Bonchev–Trinajstić information content (AvgIpc) is 2.85. The van der Waals surface area contributed by atoms with Crippen LogP contribution in [0, 0.1) is 5.92 Å². The maximum absolute atomic E-state index is 5.97. The second-order valence-corrected chi connectivity index (χ2v) is 4.77. The predicted octanol–water partition coefficient (Wildman–Crippen LogP) is 1.57. The minimum absolute atomic E-state index is 0.409. The van der Waals surface area contributed by atoms with Crippen LogP contribution in [0.2, 0.25) is 0 Å². The van der Waals surface area contributed by atoms with Crippen LogP contribution in [0.3, 0.4) is 0 Å². The number of rotatable bonds is 4. The molecule has 4 unspecified atom stereocenters. The normalized spacial score (nSPS) is 38.4. The first kappa shape index (κ1) is 11.4. The fourth-order valence-corrected chi connectivity index (χ4v) is 2.77. The summed E-state index contributed by atoms with van der Waals surface area (Å²) in [4.78, 5) is 0. The first-order valence-electron chi connectivity index (χ1n) is 6.28. The molecule has 15 heavy (non-hydrogen) atoms. The van der Waals surface area contributed by atoms with E-state index in [0.29, 0.717) is 24.2 Å². The molecule has 0 aromatic carbocycles. The molecule has 3 heteroatoms. The van der Waals surface area contributed by atoms with Crippen molar-refractivity contribution in [1.82, 2.24) is 5.32 Å². The lowest BCUT2D eigenvalue weighted by Crippen LogP contribution is -2.45. The summed E-state index contributed by atoms with van der Waals surface area (Å²) in [6.07, 6.45) is 4.45. The minimum atomic E-state index is 0.409. The van der Waals surface area contributed by atoms with Crippen LogP contribution >= 0.6 is 0 Å². The third-order valence-electron chi connectivity index (χ3n) is 3.58. The lowest BCUT2D eigenvalue weighted by Gasteiger charge is -2.28. The molecule has 0 saturated carbocycles. The van der Waals surface area contributed by atoms with Gasteiger partial charge < -0.3 is 14.8 Å². The smallest absolute Gasteiger partial charge is 0.0736 e. The van der Waals surface area contributed by atoms with Gasteiger partial charge in [-0.3, -0.25) is 0 Å². The van der Waals surface area contributed by atoms with Gasteiger partial charge in [0.05, 0.1) is 18.8 Å². The third-order valence-corrected chi connectivity index (χ3v) is 3.58. The maximum Gasteiger partial charge on any atom is 0.0736 e. The predicted molar refractivity (Wildman–Crippen MR) is 60.0 cm³/mol. The first-order chi connectivity index (χ1) is 7.31. The van der Waals surface area contributed by atoms with Crippen molar-refractivity contribution in [2.75, 3.05) is 19.8 Å². The van der Waals surface area contributed by atoms with Crippen molar-refractivity contribution in [2.45, 2.75) is 51.4 Å². The van der Waals surface area contributed by atoms with Crippen LogP contribution in [-0.2, 0) is 9.47 Å². The number of likely N-dealkylation sites (N-methyl/N-ethyl adjacent to an activating group) is 1. The van der Waals surface area contributed by atoms with E-state index in [0.717, 1.165) is 19.8 Å². The Balaban J connectivity index is 1.92. The van der Waals surface area contributed by atoms with Gasteiger partial charge in [0.15, 0.2) is 0 Å². The van der Waals surface area contributed by atoms with Crippen molar-refractivity contribution in [2.24, 2.45) is 5.92 Å². The largest absolute Gasteiger partial charge is 0.381 e. The number of hydrogen-bond acceptors (Lipinski definition) is 3. The quantitative estimate of drug-likeness (QED) is 0.769. The van der Waals surface area contributed by atoms with E-state index < -0.39 is 0 Å². The van der Waals surface area contributed by atoms with Crippen LogP contribution in [0.25, 0.3) is 0 Å². The van der Waals surface area contributed by atoms with Crippen LogP contribution in [0.5, 0.6) is 0 Å². The van der Waals surface area contributed by atoms with Gasteiger partial charge in [-0.2, -0.15) is 0 Å². The Morgan fingerprint density at radius 3 is 2.73 bits per heavy atom. The van der Waals surface area contributed by atoms with Gasteiger partial charge in [0.1, 0.15) is 0 Å². The molecule has 0 aromatic heterocycles. The Bertz CT molecular complexity index is 192. The highest BCUT2D eigenvalue weighted by Crippen LogP contribution is 2.28. The van der Waals surface area contributed by atoms with E-state index in [-0.39, 0.29) is 0 Å². The minimum Gasteiger partial charge on any atom is -0.381 e. The van der Waals surface area contributed by atoms with Crippen molar-refractivity contribution in [3.8, 4) is 0 Å². The molecule has 2 saturated heterocycles. The summed E-state index contributed by atoms with van der Waals surface area (Å²) in [5, 5.41) is 3.58. The SMILES string of the molecule is CCNC(C1CCOC1)C1CCC(C)O1. The molecular weight excluding hydrogens is 190 g/mol. The van der Waals surface area contributed by atoms with Gasteiger partial charge in [-0.05, 0) is 32.7 Å². The molecule has 0 bridgehead atoms. The monoisotopic (exact) mass is 213 g/mol. The zero-order valence-corrected chi connectivity index (χ0v) is 9.87. The highest BCUT2D eigenvalue weighted by atomic mass is 16.5. The summed E-state index contributed by atoms with van der Waals surface area (Å²) >= 11 is 0. The van der Waals surface area contributed by atoms with Gasteiger partial charge in [0.25, 0.3) is 0 Å². The van der Waals surface area contributed by atoms with E-state index in [4.69, 9.17) is 9.47 Å². The summed E-state index contributed by atoms with van der Waals surface area (Å²) in [5.74, 6) is 0.653. The van der Waals surface area contributed by atoms with E-state index in [1.54, 1.807) is 0 Å². The van der Waals surface area contributed by atoms with E-state index >= 15 is 0 Å². The summed E-state index contributed by atoms with van der Waals surface area (Å²) in [6, 6.07) is 0.502. The molecule has 2 rings (SSSR count). The Labute approximate surface area is 92.5 Å². The molecule has 0 aromatic rings. The summed E-state index contributed by atoms with van der Waals surface area (Å²) < 4.78 is 11.4. The molecule has 0 amide bonds. The molecule has 2 heterocycles. The van der Waals surface area contributed by atoms with Gasteiger partial charge in [-0.25, -0.2) is 0 Å². The summed E-state index contributed by atoms with van der Waals surface area (Å²) in [5.41, 5.74) is 0. The molecular formula is C12H23NO2. The van der Waals surface area contributed by atoms with Crippen LogP contribution in [0.15, 0.2) is 0 Å². The van der Waals surface area contributed by atoms with Crippen LogP contribution < -0.4 is 5.32 Å². The second-order valence-electron chi connectivity index (χ2n) is 4.77. The zero-order chi connectivity index (χ0) is 10.7. The summed E-state index contributed by atoms with van der Waals surface area (Å²) in [7, 11) is 0. The molecule has 4 atom stereocenters. The Morgan fingerprint density at radius 2 is 2.20 bits per heavy atom. The average molecular weight is 213 g/mol. The highest BCUT2D eigenvalue weighted by Gasteiger charge is 2.35. The van der Waals surface area contributed by atoms with E-state index in [2.05, 4.69) is 19.2 Å². The molecule has 88 valence electrons. The van der Waals surface area contributed by atoms with Gasteiger partial charge in [-0.1, -0.05) is 6.92 Å². The molecule has 0 spiro atoms. The molecule has 2 aliphatic rings. The fraction of sp³-hybridized carbons (Fsp3) is 1.00. The van der Waals surface area contributed by atoms with Crippen molar-refractivity contribution >= 4 is 0 Å². The molecule has 2 fully saturated rings. The van der Waals surface area contributed by atoms with Crippen LogP contribution in [0.1, 0.15) is 33.1 Å². The van der Waals surface area contributed by atoms with Crippen molar-refractivity contribution in [3.05, 3.63) is 0 Å². The van der Waals surface area contributed by atoms with Gasteiger partial charge >= 0.3 is 0 Å². The number of nitrogens with one attached hydrogen (secondary N) is 1. The van der Waals surface area contributed by atoms with Gasteiger partial charge in [0, 0.05) is 18.6 Å². The Morgan fingerprint density at radius 1 is 1.33 bits per heavy atom. The van der Waals surface area contributed by atoms with E-state index in [1.807, 2.05) is 0 Å². The van der Waals surface area contributed by atoms with E-state index in [1.165, 1.54) is 19.3 Å². The fourth-order valence-electron chi connectivity index (χ4n) is 2.77. The Kier molecular flexibility index (Phi) is 4.00. The topological polar surface area (TPSA) is 30.5 Å². The van der Waals surface area contributed by atoms with E-state index in [9.17, 15) is 0 Å². The standard InChI is InChI=1S/C12H23NO2/c1-3-13-12(10-6-7-14-8-10)11-5-4-9(2)15-11/h9-13H,3-8H2,1-2H3. The summed E-state index contributed by atoms with van der Waals surface area (Å²) in [6.45, 7) is 7.20. The Hall–Kier alpha value is -0.120. The van der Waals surface area contributed by atoms with Gasteiger partial charge in [-0.15, -0.1) is 0 Å². The zero-order valence-electron chi connectivity index (χ0n) is 9.87. The number of hydrogen-bond donors (Lipinski definition) is 1. The number of ether oxygens (including phenoxy) is 2. The first-order valence-corrected chi connectivity index (χ1v) is 6.28. The van der Waals surface area contributed by atoms with Crippen molar-refractivity contribution in [3.63, 3.8) is 0 Å². The lowest BCUT2D eigenvalue weighted by atomic mass is 9.92. The molecule has 0 aliphatic carbocycles. The molecule has 0 radical (unpaired) electrons. The second kappa shape index (κ2) is 5.28. The molecule has 3 nitrogen and oxygen atoms in total. The van der Waals surface area contributed by atoms with Crippen LogP contribution in [-0.4, -0.2) is 38.0 Å². The molecule has 1 N–H and O–H groups in total.